The molecule has 12 heteroatoms. The van der Waals surface area contributed by atoms with E-state index in [4.69, 9.17) is 17.3 Å². The molecule has 1 unspecified atom stereocenters. The number of aliphatic hydroxyl groups is 2. The van der Waals surface area contributed by atoms with Gasteiger partial charge in [-0.2, -0.15) is 0 Å². The van der Waals surface area contributed by atoms with E-state index in [1.165, 1.54) is 34.9 Å². The standard InChI is InChI=1S/C33H39ClN4O6S/c1-18-7-5-8-19(2)23(18)15-36-31(43)29-33(3,4)45-17-38(29)32(44)28(41)25(13-20-11-12-21(16-39)26(40)14-20)37-30(42)22-9-6-10-24(35)27(22)34/h5-12,14,25,28-29,39-41H,13,15-17,35H2,1-4H3,(H,36,43)(H,37,42)/t25-,28-,29?/m0/s1. The number of rotatable bonds is 10. The van der Waals surface area contributed by atoms with Crippen LogP contribution in [-0.4, -0.2) is 66.8 Å². The van der Waals surface area contributed by atoms with E-state index in [2.05, 4.69) is 10.6 Å². The molecule has 3 atom stereocenters. The van der Waals surface area contributed by atoms with E-state index in [0.29, 0.717) is 11.1 Å². The van der Waals surface area contributed by atoms with E-state index < -0.39 is 34.7 Å². The minimum atomic E-state index is -1.77. The number of aryl methyl sites for hydroxylation is 2. The summed E-state index contributed by atoms with van der Waals surface area (Å²) in [5.74, 6) is -1.78. The Morgan fingerprint density at radius 3 is 2.42 bits per heavy atom. The van der Waals surface area contributed by atoms with E-state index in [-0.39, 0.29) is 53.4 Å². The Kier molecular flexibility index (Phi) is 10.7. The third kappa shape index (κ3) is 7.55. The van der Waals surface area contributed by atoms with Crippen LogP contribution in [0.4, 0.5) is 5.69 Å². The Hall–Kier alpha value is -3.77. The third-order valence-corrected chi connectivity index (χ3v) is 9.96. The number of halogens is 1. The molecule has 0 aliphatic carbocycles. The summed E-state index contributed by atoms with van der Waals surface area (Å²) in [6, 6.07) is 12.9. The maximum Gasteiger partial charge on any atom is 0.254 e. The van der Waals surface area contributed by atoms with Gasteiger partial charge in [0.1, 0.15) is 11.8 Å². The second-order valence-corrected chi connectivity index (χ2v) is 13.7. The fourth-order valence-electron chi connectivity index (χ4n) is 5.49. The number of nitrogens with zero attached hydrogens (tertiary/aromatic N) is 1. The number of aromatic hydroxyl groups is 1. The zero-order valence-electron chi connectivity index (χ0n) is 25.6. The topological polar surface area (TPSA) is 165 Å². The van der Waals surface area contributed by atoms with Crippen LogP contribution in [0.25, 0.3) is 0 Å². The number of phenols is 1. The summed E-state index contributed by atoms with van der Waals surface area (Å²) < 4.78 is -0.667. The third-order valence-electron chi connectivity index (χ3n) is 8.16. The molecule has 4 rings (SSSR count). The summed E-state index contributed by atoms with van der Waals surface area (Å²) in [7, 11) is 0. The number of carbonyl (C=O) groups excluding carboxylic acids is 3. The van der Waals surface area contributed by atoms with Gasteiger partial charge in [0.25, 0.3) is 11.8 Å². The van der Waals surface area contributed by atoms with E-state index >= 15 is 0 Å². The molecule has 3 aromatic rings. The van der Waals surface area contributed by atoms with Crippen LogP contribution in [0.5, 0.6) is 5.75 Å². The molecule has 3 amide bonds. The lowest BCUT2D eigenvalue weighted by molar-refractivity contribution is -0.147. The lowest BCUT2D eigenvalue weighted by Crippen LogP contribution is -2.58. The molecule has 3 aromatic carbocycles. The number of anilines is 1. The van der Waals surface area contributed by atoms with Crippen molar-refractivity contribution in [2.75, 3.05) is 11.6 Å². The van der Waals surface area contributed by atoms with Crippen molar-refractivity contribution in [2.24, 2.45) is 0 Å². The van der Waals surface area contributed by atoms with Gasteiger partial charge in [-0.25, -0.2) is 0 Å². The Morgan fingerprint density at radius 1 is 1.11 bits per heavy atom. The van der Waals surface area contributed by atoms with Crippen molar-refractivity contribution in [3.8, 4) is 5.75 Å². The van der Waals surface area contributed by atoms with Gasteiger partial charge < -0.3 is 36.6 Å². The summed E-state index contributed by atoms with van der Waals surface area (Å²) in [6.45, 7) is 7.58. The monoisotopic (exact) mass is 654 g/mol. The minimum absolute atomic E-state index is 0.0258. The largest absolute Gasteiger partial charge is 0.508 e. The highest BCUT2D eigenvalue weighted by molar-refractivity contribution is 8.00. The molecule has 1 saturated heterocycles. The lowest BCUT2D eigenvalue weighted by Gasteiger charge is -2.33. The van der Waals surface area contributed by atoms with Gasteiger partial charge in [0.2, 0.25) is 5.91 Å². The fraction of sp³-hybridized carbons (Fsp3) is 0.364. The number of amides is 3. The van der Waals surface area contributed by atoms with Gasteiger partial charge in [0.15, 0.2) is 6.10 Å². The molecule has 1 heterocycles. The molecule has 1 aliphatic heterocycles. The van der Waals surface area contributed by atoms with Gasteiger partial charge in [-0.3, -0.25) is 14.4 Å². The number of nitrogen functional groups attached to an aromatic ring is 1. The van der Waals surface area contributed by atoms with Crippen LogP contribution in [0.1, 0.15) is 52.0 Å². The molecular formula is C33H39ClN4O6S. The SMILES string of the molecule is Cc1cccc(C)c1CNC(=O)C1N(C(=O)[C@@H](O)[C@H](Cc2ccc(CO)c(O)c2)NC(=O)c2cccc(N)c2Cl)CSC1(C)C. The number of thioether (sulfide) groups is 1. The number of carbonyl (C=O) groups is 3. The number of aliphatic hydroxyl groups excluding tert-OH is 2. The first-order chi connectivity index (χ1) is 21.2. The number of nitrogens with two attached hydrogens (primary N) is 1. The van der Waals surface area contributed by atoms with Gasteiger partial charge in [0.05, 0.1) is 34.8 Å². The first-order valence-electron chi connectivity index (χ1n) is 14.5. The normalized spacial score (nSPS) is 17.0. The molecule has 0 saturated carbocycles. The van der Waals surface area contributed by atoms with Crippen LogP contribution >= 0.6 is 23.4 Å². The van der Waals surface area contributed by atoms with Crippen molar-refractivity contribution in [1.82, 2.24) is 15.5 Å². The molecule has 0 aromatic heterocycles. The van der Waals surface area contributed by atoms with Crippen molar-refractivity contribution < 1.29 is 29.7 Å². The number of nitrogens with one attached hydrogen (secondary N) is 2. The van der Waals surface area contributed by atoms with E-state index in [1.807, 2.05) is 45.9 Å². The van der Waals surface area contributed by atoms with Crippen LogP contribution < -0.4 is 16.4 Å². The second kappa shape index (κ2) is 14.1. The average molecular weight is 655 g/mol. The highest BCUT2D eigenvalue weighted by atomic mass is 35.5. The summed E-state index contributed by atoms with van der Waals surface area (Å²) in [4.78, 5) is 42.3. The second-order valence-electron chi connectivity index (χ2n) is 11.7. The first kappa shape index (κ1) is 34.1. The van der Waals surface area contributed by atoms with E-state index in [9.17, 15) is 29.7 Å². The van der Waals surface area contributed by atoms with Gasteiger partial charge >= 0.3 is 0 Å². The first-order valence-corrected chi connectivity index (χ1v) is 15.8. The van der Waals surface area contributed by atoms with Crippen molar-refractivity contribution in [3.05, 3.63) is 93.0 Å². The van der Waals surface area contributed by atoms with Crippen LogP contribution in [0.15, 0.2) is 54.6 Å². The molecule has 10 nitrogen and oxygen atoms in total. The summed E-state index contributed by atoms with van der Waals surface area (Å²) in [5.41, 5.74) is 9.98. The van der Waals surface area contributed by atoms with Crippen LogP contribution in [0, 0.1) is 13.8 Å². The van der Waals surface area contributed by atoms with E-state index in [0.717, 1.165) is 16.7 Å². The highest BCUT2D eigenvalue weighted by Crippen LogP contribution is 2.40. The van der Waals surface area contributed by atoms with Crippen molar-refractivity contribution in [3.63, 3.8) is 0 Å². The van der Waals surface area contributed by atoms with Crippen molar-refractivity contribution >= 4 is 46.8 Å². The van der Waals surface area contributed by atoms with Gasteiger partial charge in [0, 0.05) is 16.9 Å². The fourth-order valence-corrected chi connectivity index (χ4v) is 6.84. The van der Waals surface area contributed by atoms with E-state index in [1.54, 1.807) is 18.2 Å². The quantitative estimate of drug-likeness (QED) is 0.181. The molecule has 45 heavy (non-hydrogen) atoms. The summed E-state index contributed by atoms with van der Waals surface area (Å²) in [5, 5.41) is 37.0. The molecule has 240 valence electrons. The molecule has 1 aliphatic rings. The minimum Gasteiger partial charge on any atom is -0.508 e. The number of hydrogen-bond donors (Lipinski definition) is 6. The van der Waals surface area contributed by atoms with Gasteiger partial charge in [-0.05, 0) is 74.6 Å². The molecule has 0 radical (unpaired) electrons. The lowest BCUT2D eigenvalue weighted by atomic mass is 9.96. The zero-order chi connectivity index (χ0) is 33.1. The maximum atomic E-state index is 14.0. The molecule has 0 spiro atoms. The number of benzene rings is 3. The Balaban J connectivity index is 1.60. The smallest absolute Gasteiger partial charge is 0.254 e. The van der Waals surface area contributed by atoms with Gasteiger partial charge in [-0.1, -0.05) is 48.0 Å². The van der Waals surface area contributed by atoms with Crippen LogP contribution in [-0.2, 0) is 29.2 Å². The van der Waals surface area contributed by atoms with Gasteiger partial charge in [-0.15, -0.1) is 11.8 Å². The zero-order valence-corrected chi connectivity index (χ0v) is 27.2. The maximum absolute atomic E-state index is 14.0. The Bertz CT molecular complexity index is 1580. The predicted octanol–water partition coefficient (Wildman–Crippen LogP) is 3.44. The van der Waals surface area contributed by atoms with Crippen LogP contribution in [0.3, 0.4) is 0 Å². The van der Waals surface area contributed by atoms with Crippen LogP contribution in [0.2, 0.25) is 5.02 Å². The molecule has 1 fully saturated rings. The average Bonchev–Trinajstić information content (AvgIpc) is 3.31. The number of hydrogen-bond acceptors (Lipinski definition) is 8. The molecule has 7 N–H and O–H groups in total. The Labute approximate surface area is 272 Å². The molecule has 0 bridgehead atoms. The Morgan fingerprint density at radius 2 is 1.78 bits per heavy atom. The summed E-state index contributed by atoms with van der Waals surface area (Å²) >= 11 is 7.69. The van der Waals surface area contributed by atoms with Crippen molar-refractivity contribution in [2.45, 2.75) is 70.2 Å². The van der Waals surface area contributed by atoms with Crippen molar-refractivity contribution in [1.29, 1.82) is 0 Å². The predicted molar refractivity (Wildman–Crippen MR) is 176 cm³/mol. The highest BCUT2D eigenvalue weighted by Gasteiger charge is 2.49. The molecular weight excluding hydrogens is 616 g/mol. The summed E-state index contributed by atoms with van der Waals surface area (Å²) in [6.07, 6.45) is -1.83.